The first kappa shape index (κ1) is 11.8. The van der Waals surface area contributed by atoms with Crippen LogP contribution in [0.4, 0.5) is 0 Å². The van der Waals surface area contributed by atoms with Crippen molar-refractivity contribution in [1.82, 2.24) is 10.5 Å². The van der Waals surface area contributed by atoms with Gasteiger partial charge in [-0.3, -0.25) is 4.79 Å². The minimum atomic E-state index is -0.109. The van der Waals surface area contributed by atoms with Gasteiger partial charge in [0.25, 0.3) is 5.91 Å². The van der Waals surface area contributed by atoms with E-state index >= 15 is 0 Å². The first-order valence-electron chi connectivity index (χ1n) is 6.87. The average molecular weight is 248 g/mol. The summed E-state index contributed by atoms with van der Waals surface area (Å²) in [5.74, 6) is 2.95. The third-order valence-electron chi connectivity index (χ3n) is 4.65. The molecule has 1 aromatic rings. The van der Waals surface area contributed by atoms with Crippen LogP contribution < -0.4 is 5.32 Å². The van der Waals surface area contributed by atoms with Crippen LogP contribution in [0, 0.1) is 24.7 Å². The maximum atomic E-state index is 12.0. The van der Waals surface area contributed by atoms with Crippen LogP contribution in [0.2, 0.25) is 0 Å². The molecule has 1 amide bonds. The van der Waals surface area contributed by atoms with E-state index in [1.165, 1.54) is 25.7 Å². The number of rotatable bonds is 3. The maximum Gasteiger partial charge on any atom is 0.273 e. The molecular formula is C14H20N2O2. The molecule has 98 valence electrons. The molecule has 0 saturated heterocycles. The SMILES string of the molecule is Cc1cc(C(=O)N[C@@H](C)[C@H]2C[C@@H]3CC[C@@H]2C3)no1. The lowest BCUT2D eigenvalue weighted by Gasteiger charge is -2.28. The van der Waals surface area contributed by atoms with Crippen molar-refractivity contribution in [2.24, 2.45) is 17.8 Å². The van der Waals surface area contributed by atoms with Crippen molar-refractivity contribution >= 4 is 5.91 Å². The number of carbonyl (C=O) groups excluding carboxylic acids is 1. The lowest BCUT2D eigenvalue weighted by molar-refractivity contribution is 0.0906. The predicted octanol–water partition coefficient (Wildman–Crippen LogP) is 2.54. The minimum absolute atomic E-state index is 0.109. The van der Waals surface area contributed by atoms with E-state index in [1.54, 1.807) is 13.0 Å². The number of amides is 1. The number of nitrogens with zero attached hydrogens (tertiary/aromatic N) is 1. The van der Waals surface area contributed by atoms with Gasteiger partial charge in [-0.2, -0.15) is 0 Å². The summed E-state index contributed by atoms with van der Waals surface area (Å²) in [6, 6.07) is 1.92. The fraction of sp³-hybridized carbons (Fsp3) is 0.714. The van der Waals surface area contributed by atoms with Crippen molar-refractivity contribution in [3.63, 3.8) is 0 Å². The summed E-state index contributed by atoms with van der Waals surface area (Å²) >= 11 is 0. The highest BCUT2D eigenvalue weighted by Crippen LogP contribution is 2.49. The summed E-state index contributed by atoms with van der Waals surface area (Å²) < 4.78 is 4.93. The van der Waals surface area contributed by atoms with E-state index in [2.05, 4.69) is 17.4 Å². The van der Waals surface area contributed by atoms with Crippen LogP contribution in [-0.2, 0) is 0 Å². The van der Waals surface area contributed by atoms with Crippen molar-refractivity contribution in [3.8, 4) is 0 Å². The number of fused-ring (bicyclic) bond motifs is 2. The highest BCUT2D eigenvalue weighted by Gasteiger charge is 2.42. The maximum absolute atomic E-state index is 12.0. The van der Waals surface area contributed by atoms with Gasteiger partial charge in [0.2, 0.25) is 0 Å². The zero-order valence-electron chi connectivity index (χ0n) is 11.0. The monoisotopic (exact) mass is 248 g/mol. The van der Waals surface area contributed by atoms with Gasteiger partial charge >= 0.3 is 0 Å². The summed E-state index contributed by atoms with van der Waals surface area (Å²) in [6.07, 6.45) is 5.39. The molecule has 2 aliphatic rings. The Morgan fingerprint density at radius 1 is 1.50 bits per heavy atom. The topological polar surface area (TPSA) is 55.1 Å². The van der Waals surface area contributed by atoms with Crippen LogP contribution >= 0.6 is 0 Å². The van der Waals surface area contributed by atoms with E-state index < -0.39 is 0 Å². The largest absolute Gasteiger partial charge is 0.361 e. The third-order valence-corrected chi connectivity index (χ3v) is 4.65. The van der Waals surface area contributed by atoms with E-state index in [0.717, 1.165) is 11.8 Å². The van der Waals surface area contributed by atoms with E-state index in [4.69, 9.17) is 4.52 Å². The predicted molar refractivity (Wildman–Crippen MR) is 67.1 cm³/mol. The summed E-state index contributed by atoms with van der Waals surface area (Å²) in [7, 11) is 0. The molecule has 4 nitrogen and oxygen atoms in total. The van der Waals surface area contributed by atoms with Gasteiger partial charge in [-0.15, -0.1) is 0 Å². The zero-order valence-corrected chi connectivity index (χ0v) is 11.0. The van der Waals surface area contributed by atoms with Crippen LogP contribution in [-0.4, -0.2) is 17.1 Å². The standard InChI is InChI=1S/C14H20N2O2/c1-8-5-13(16-18-8)14(17)15-9(2)12-7-10-3-4-11(12)6-10/h5,9-12H,3-4,6-7H2,1-2H3,(H,15,17)/t9-,10+,11+,12+/m0/s1. The molecule has 4 atom stereocenters. The molecular weight excluding hydrogens is 228 g/mol. The van der Waals surface area contributed by atoms with Gasteiger partial charge in [0.1, 0.15) is 5.76 Å². The van der Waals surface area contributed by atoms with Gasteiger partial charge in [-0.25, -0.2) is 0 Å². The molecule has 4 heteroatoms. The molecule has 0 aromatic carbocycles. The Morgan fingerprint density at radius 2 is 2.33 bits per heavy atom. The highest BCUT2D eigenvalue weighted by molar-refractivity contribution is 5.92. The van der Waals surface area contributed by atoms with Crippen LogP contribution in [0.1, 0.15) is 48.9 Å². The first-order chi connectivity index (χ1) is 8.63. The molecule has 1 N–H and O–H groups in total. The number of hydrogen-bond acceptors (Lipinski definition) is 3. The normalized spacial score (nSPS) is 31.6. The molecule has 2 saturated carbocycles. The van der Waals surface area contributed by atoms with Gasteiger partial charge in [0, 0.05) is 12.1 Å². The molecule has 2 aliphatic carbocycles. The lowest BCUT2D eigenvalue weighted by Crippen LogP contribution is -2.40. The first-order valence-corrected chi connectivity index (χ1v) is 6.87. The van der Waals surface area contributed by atoms with Crippen molar-refractivity contribution < 1.29 is 9.32 Å². The number of aromatic nitrogens is 1. The molecule has 2 fully saturated rings. The Balaban J connectivity index is 1.61. The van der Waals surface area contributed by atoms with Crippen molar-refractivity contribution in [2.75, 3.05) is 0 Å². The zero-order chi connectivity index (χ0) is 12.7. The van der Waals surface area contributed by atoms with Crippen LogP contribution in [0.25, 0.3) is 0 Å². The molecule has 1 aromatic heterocycles. The minimum Gasteiger partial charge on any atom is -0.361 e. The Morgan fingerprint density at radius 3 is 2.89 bits per heavy atom. The number of nitrogens with one attached hydrogen (secondary N) is 1. The number of hydrogen-bond donors (Lipinski definition) is 1. The molecule has 3 rings (SSSR count). The van der Waals surface area contributed by atoms with E-state index in [-0.39, 0.29) is 11.9 Å². The molecule has 0 spiro atoms. The Kier molecular flexibility index (Phi) is 2.88. The Labute approximate surface area is 107 Å². The number of aryl methyl sites for hydroxylation is 1. The number of carbonyl (C=O) groups is 1. The van der Waals surface area contributed by atoms with Crippen molar-refractivity contribution in [3.05, 3.63) is 17.5 Å². The quantitative estimate of drug-likeness (QED) is 0.894. The summed E-state index contributed by atoms with van der Waals surface area (Å²) in [4.78, 5) is 12.0. The lowest BCUT2D eigenvalue weighted by atomic mass is 9.84. The molecule has 1 heterocycles. The molecule has 2 bridgehead atoms. The Bertz CT molecular complexity index is 454. The van der Waals surface area contributed by atoms with Crippen LogP contribution in [0.15, 0.2) is 10.6 Å². The van der Waals surface area contributed by atoms with E-state index in [1.807, 2.05) is 0 Å². The van der Waals surface area contributed by atoms with Crippen molar-refractivity contribution in [2.45, 2.75) is 45.6 Å². The average Bonchev–Trinajstić information content (AvgIpc) is 3.03. The molecule has 0 aliphatic heterocycles. The van der Waals surface area contributed by atoms with E-state index in [0.29, 0.717) is 17.4 Å². The summed E-state index contributed by atoms with van der Waals surface area (Å²) in [5, 5.41) is 6.83. The van der Waals surface area contributed by atoms with Gasteiger partial charge in [0.15, 0.2) is 5.69 Å². The summed E-state index contributed by atoms with van der Waals surface area (Å²) in [6.45, 7) is 3.92. The second-order valence-electron chi connectivity index (χ2n) is 5.92. The van der Waals surface area contributed by atoms with Crippen LogP contribution in [0.5, 0.6) is 0 Å². The Hall–Kier alpha value is -1.32. The summed E-state index contributed by atoms with van der Waals surface area (Å²) in [5.41, 5.74) is 0.391. The fourth-order valence-corrected chi connectivity index (χ4v) is 3.77. The molecule has 18 heavy (non-hydrogen) atoms. The second-order valence-corrected chi connectivity index (χ2v) is 5.92. The van der Waals surface area contributed by atoms with Crippen LogP contribution in [0.3, 0.4) is 0 Å². The van der Waals surface area contributed by atoms with Gasteiger partial charge in [-0.05, 0) is 50.9 Å². The van der Waals surface area contributed by atoms with Crippen molar-refractivity contribution in [1.29, 1.82) is 0 Å². The van der Waals surface area contributed by atoms with Gasteiger partial charge in [0.05, 0.1) is 0 Å². The third kappa shape index (κ3) is 2.04. The van der Waals surface area contributed by atoms with Gasteiger partial charge < -0.3 is 9.84 Å². The molecule has 0 unspecified atom stereocenters. The smallest absolute Gasteiger partial charge is 0.273 e. The van der Waals surface area contributed by atoms with E-state index in [9.17, 15) is 4.79 Å². The fourth-order valence-electron chi connectivity index (χ4n) is 3.77. The van der Waals surface area contributed by atoms with Gasteiger partial charge in [-0.1, -0.05) is 11.6 Å². The highest BCUT2D eigenvalue weighted by atomic mass is 16.5. The second kappa shape index (κ2) is 4.41. The molecule has 0 radical (unpaired) electrons.